The van der Waals surface area contributed by atoms with Crippen LogP contribution in [0.4, 0.5) is 4.39 Å². The van der Waals surface area contributed by atoms with Crippen molar-refractivity contribution in [1.82, 2.24) is 14.4 Å². The van der Waals surface area contributed by atoms with Crippen molar-refractivity contribution in [2.75, 3.05) is 12.3 Å². The maximum atomic E-state index is 16.6. The maximum absolute atomic E-state index is 16.6. The monoisotopic (exact) mass is 608 g/mol. The molecule has 1 aromatic rings. The number of nitrogens with one attached hydrogen (secondary N) is 2. The molecule has 4 atom stereocenters. The largest absolute Gasteiger partial charge is 0.598 e. The van der Waals surface area contributed by atoms with E-state index in [2.05, 4.69) is 57.2 Å². The third-order valence-corrected chi connectivity index (χ3v) is 18.8. The molecule has 0 aromatic carbocycles. The summed E-state index contributed by atoms with van der Waals surface area (Å²) in [6.07, 6.45) is 1.31. The van der Waals surface area contributed by atoms with E-state index in [-0.39, 0.29) is 17.3 Å². The number of nitrogens with zero attached hydrogens (tertiary/aromatic N) is 2. The fourth-order valence-corrected chi connectivity index (χ4v) is 13.0. The lowest BCUT2D eigenvalue weighted by Crippen LogP contribution is -2.58. The molecule has 11 heteroatoms. The van der Waals surface area contributed by atoms with E-state index in [0.29, 0.717) is 22.8 Å². The van der Waals surface area contributed by atoms with Gasteiger partial charge in [0.25, 0.3) is 0 Å². The third-order valence-electron chi connectivity index (χ3n) is 7.58. The van der Waals surface area contributed by atoms with Gasteiger partial charge in [0.1, 0.15) is 31.1 Å². The molecular formula is C24H42BrFN4O2S2Si. The molecule has 1 aliphatic heterocycles. The summed E-state index contributed by atoms with van der Waals surface area (Å²) in [4.78, 5) is 4.59. The van der Waals surface area contributed by atoms with Crippen molar-refractivity contribution >= 4 is 51.0 Å². The van der Waals surface area contributed by atoms with Gasteiger partial charge in [-0.1, -0.05) is 49.4 Å². The highest BCUT2D eigenvalue weighted by Gasteiger charge is 2.53. The zero-order valence-corrected chi connectivity index (χ0v) is 26.6. The van der Waals surface area contributed by atoms with Crippen LogP contribution in [0.15, 0.2) is 10.7 Å². The van der Waals surface area contributed by atoms with Gasteiger partial charge in [-0.15, -0.1) is 4.72 Å². The van der Waals surface area contributed by atoms with Crippen LogP contribution in [-0.4, -0.2) is 44.0 Å². The average Bonchev–Trinajstić information content (AvgIpc) is 2.78. The number of rotatable bonds is 9. The number of nitriles is 1. The Bertz CT molecular complexity index is 950. The van der Waals surface area contributed by atoms with Gasteiger partial charge >= 0.3 is 0 Å². The summed E-state index contributed by atoms with van der Waals surface area (Å²) in [6, 6.07) is 6.82. The van der Waals surface area contributed by atoms with Gasteiger partial charge in [-0.3, -0.25) is 4.72 Å². The van der Waals surface area contributed by atoms with Crippen molar-refractivity contribution in [3.63, 3.8) is 0 Å². The van der Waals surface area contributed by atoms with E-state index in [4.69, 9.17) is 0 Å². The van der Waals surface area contributed by atoms with Crippen molar-refractivity contribution in [3.05, 3.63) is 22.2 Å². The molecule has 6 nitrogen and oxygen atoms in total. The maximum Gasteiger partial charge on any atom is 0.146 e. The Morgan fingerprint density at radius 2 is 1.91 bits per heavy atom. The quantitative estimate of drug-likeness (QED) is 0.185. The van der Waals surface area contributed by atoms with Crippen LogP contribution in [0.3, 0.4) is 0 Å². The number of pyridine rings is 1. The standard InChI is InChI=1S/C24H42BrFN4O2S2Si/c1-9-35(10-2,11-3)18-15-19(25)29-21(20(18)26)24(8,30-33(31)22(4,5)6)17-34(32)23(7,16-27)13-12-14-28-34/h15,28,30,32H,9-14,17H2,1-8H3/t23-,24-,33+/m0/s1. The smallest absolute Gasteiger partial charge is 0.146 e. The first-order chi connectivity index (χ1) is 16.1. The molecule has 1 aliphatic rings. The molecule has 0 saturated carbocycles. The van der Waals surface area contributed by atoms with Crippen molar-refractivity contribution in [2.24, 2.45) is 0 Å². The van der Waals surface area contributed by atoms with Crippen LogP contribution in [0.2, 0.25) is 18.1 Å². The summed E-state index contributed by atoms with van der Waals surface area (Å²) < 4.78 is 47.1. The van der Waals surface area contributed by atoms with E-state index in [9.17, 15) is 14.4 Å². The Morgan fingerprint density at radius 1 is 1.34 bits per heavy atom. The molecule has 200 valence electrons. The highest BCUT2D eigenvalue weighted by molar-refractivity contribution is 9.10. The van der Waals surface area contributed by atoms with Gasteiger partial charge in [0.2, 0.25) is 0 Å². The number of hydrogen-bond acceptors (Lipinski definition) is 6. The topological polar surface area (TPSA) is 104 Å². The molecule has 1 saturated heterocycles. The van der Waals surface area contributed by atoms with E-state index in [1.807, 2.05) is 26.8 Å². The van der Waals surface area contributed by atoms with Crippen molar-refractivity contribution in [3.8, 4) is 6.07 Å². The molecule has 1 aromatic heterocycles. The van der Waals surface area contributed by atoms with Gasteiger partial charge in [-0.25, -0.2) is 9.37 Å². The minimum Gasteiger partial charge on any atom is -0.598 e. The van der Waals surface area contributed by atoms with Gasteiger partial charge in [-0.05, 0) is 74.6 Å². The van der Waals surface area contributed by atoms with Crippen LogP contribution in [0.5, 0.6) is 0 Å². The zero-order chi connectivity index (χ0) is 26.9. The van der Waals surface area contributed by atoms with E-state index in [1.54, 1.807) is 13.8 Å². The summed E-state index contributed by atoms with van der Waals surface area (Å²) in [5.41, 5.74) is -1.15. The second-order valence-corrected chi connectivity index (χ2v) is 21.9. The molecule has 0 aliphatic carbocycles. The van der Waals surface area contributed by atoms with E-state index >= 15 is 4.39 Å². The second kappa shape index (κ2) is 11.3. The first-order valence-corrected chi connectivity index (χ1v) is 18.6. The fraction of sp³-hybridized carbons (Fsp3) is 0.750. The van der Waals surface area contributed by atoms with Crippen LogP contribution in [0.1, 0.15) is 73.9 Å². The second-order valence-electron chi connectivity index (χ2n) is 11.0. The zero-order valence-electron chi connectivity index (χ0n) is 22.3. The highest BCUT2D eigenvalue weighted by Crippen LogP contribution is 2.59. The molecule has 0 radical (unpaired) electrons. The molecule has 2 heterocycles. The molecule has 0 spiro atoms. The Hall–Kier alpha value is -0.193. The van der Waals surface area contributed by atoms with Gasteiger partial charge in [0, 0.05) is 23.7 Å². The predicted octanol–water partition coefficient (Wildman–Crippen LogP) is 5.82. The van der Waals surface area contributed by atoms with Gasteiger partial charge in [0.05, 0.1) is 14.1 Å². The molecule has 0 amide bonds. The number of hydrogen-bond donors (Lipinski definition) is 3. The summed E-state index contributed by atoms with van der Waals surface area (Å²) in [5, 5.41) is 10.7. The first-order valence-electron chi connectivity index (χ1n) is 12.3. The molecule has 0 bridgehead atoms. The lowest BCUT2D eigenvalue weighted by molar-refractivity contribution is 0.410. The van der Waals surface area contributed by atoms with Crippen molar-refractivity contribution in [2.45, 2.75) is 101 Å². The average molecular weight is 610 g/mol. The predicted molar refractivity (Wildman–Crippen MR) is 153 cm³/mol. The van der Waals surface area contributed by atoms with Crippen molar-refractivity contribution < 1.29 is 13.5 Å². The SMILES string of the molecule is CC[Si](CC)(CC)c1cc(Br)nc([C@](C)(C[S@@]2(O)NCCC[C@@]2(C)C#N)N[S@+]([O-])C(C)(C)C)c1F. The fourth-order valence-electron chi connectivity index (χ4n) is 4.83. The molecule has 35 heavy (non-hydrogen) atoms. The van der Waals surface area contributed by atoms with Gasteiger partial charge in [-0.2, -0.15) is 5.26 Å². The van der Waals surface area contributed by atoms with Gasteiger partial charge in [0.15, 0.2) is 0 Å². The van der Waals surface area contributed by atoms with Gasteiger partial charge < -0.3 is 9.11 Å². The summed E-state index contributed by atoms with van der Waals surface area (Å²) in [7, 11) is -4.88. The van der Waals surface area contributed by atoms with Crippen LogP contribution in [-0.2, 0) is 16.9 Å². The van der Waals surface area contributed by atoms with Crippen LogP contribution in [0, 0.1) is 17.1 Å². The minimum atomic E-state index is -2.74. The first kappa shape index (κ1) is 31.0. The molecule has 2 rings (SSSR count). The number of aromatic nitrogens is 1. The summed E-state index contributed by atoms with van der Waals surface area (Å²) in [6.45, 7) is 16.0. The summed E-state index contributed by atoms with van der Waals surface area (Å²) >= 11 is 1.94. The van der Waals surface area contributed by atoms with Crippen LogP contribution < -0.4 is 14.6 Å². The lowest BCUT2D eigenvalue weighted by Gasteiger charge is -2.52. The number of halogens is 2. The molecule has 3 N–H and O–H groups in total. The van der Waals surface area contributed by atoms with E-state index in [0.717, 1.165) is 24.6 Å². The minimum absolute atomic E-state index is 0.00459. The summed E-state index contributed by atoms with van der Waals surface area (Å²) in [5.74, 6) is -0.381. The van der Waals surface area contributed by atoms with E-state index in [1.165, 1.54) is 0 Å². The van der Waals surface area contributed by atoms with E-state index < -0.39 is 45.0 Å². The Labute approximate surface area is 225 Å². The van der Waals surface area contributed by atoms with Crippen LogP contribution in [0.25, 0.3) is 0 Å². The Morgan fingerprint density at radius 3 is 2.40 bits per heavy atom. The normalized spacial score (nSPS) is 26.1. The molecule has 1 fully saturated rings. The third kappa shape index (κ3) is 6.11. The lowest BCUT2D eigenvalue weighted by atomic mass is 10.0. The van der Waals surface area contributed by atoms with Crippen molar-refractivity contribution in [1.29, 1.82) is 5.26 Å². The Balaban J connectivity index is 2.79. The molecular weight excluding hydrogens is 567 g/mol. The molecule has 0 unspecified atom stereocenters. The Kier molecular flexibility index (Phi) is 10.00. The van der Waals surface area contributed by atoms with Crippen LogP contribution >= 0.6 is 26.4 Å². The highest BCUT2D eigenvalue weighted by atomic mass is 79.9.